The van der Waals surface area contributed by atoms with Gasteiger partial charge in [0.2, 0.25) is 0 Å². The van der Waals surface area contributed by atoms with Crippen molar-refractivity contribution >= 4 is 11.9 Å². The molecule has 0 aromatic carbocycles. The zero-order chi connectivity index (χ0) is 10.9. The topological polar surface area (TPSA) is 87.5 Å². The van der Waals surface area contributed by atoms with Crippen molar-refractivity contribution in [1.82, 2.24) is 4.98 Å². The van der Waals surface area contributed by atoms with Gasteiger partial charge in [-0.05, 0) is 25.0 Å². The first-order valence-corrected chi connectivity index (χ1v) is 3.88. The van der Waals surface area contributed by atoms with E-state index in [1.54, 1.807) is 6.92 Å². The van der Waals surface area contributed by atoms with E-state index in [2.05, 4.69) is 4.98 Å². The molecule has 0 radical (unpaired) electrons. The normalized spacial score (nSPS) is 9.86. The largest absolute Gasteiger partial charge is 0.478 e. The summed E-state index contributed by atoms with van der Waals surface area (Å²) >= 11 is 0. The lowest BCUT2D eigenvalue weighted by molar-refractivity contribution is 0.0674. The summed E-state index contributed by atoms with van der Waals surface area (Å²) in [5, 5.41) is 17.4. The maximum atomic E-state index is 10.7. The van der Waals surface area contributed by atoms with Crippen molar-refractivity contribution in [2.75, 3.05) is 0 Å². The lowest BCUT2D eigenvalue weighted by Crippen LogP contribution is -2.09. The second kappa shape index (κ2) is 3.45. The number of hydrogen-bond donors (Lipinski definition) is 2. The lowest BCUT2D eigenvalue weighted by Gasteiger charge is -2.06. The molecule has 5 nitrogen and oxygen atoms in total. The maximum Gasteiger partial charge on any atom is 0.354 e. The zero-order valence-electron chi connectivity index (χ0n) is 7.74. The monoisotopic (exact) mass is 195 g/mol. The van der Waals surface area contributed by atoms with E-state index in [1.165, 1.54) is 6.92 Å². The number of carboxylic acid groups (broad SMARTS) is 2. The molecule has 0 bridgehead atoms. The van der Waals surface area contributed by atoms with Gasteiger partial charge in [0.25, 0.3) is 0 Å². The van der Waals surface area contributed by atoms with Gasteiger partial charge in [0.05, 0.1) is 5.56 Å². The van der Waals surface area contributed by atoms with Crippen LogP contribution in [0.2, 0.25) is 0 Å². The van der Waals surface area contributed by atoms with Gasteiger partial charge in [-0.15, -0.1) is 0 Å². The summed E-state index contributed by atoms with van der Waals surface area (Å²) in [5.74, 6) is -2.25. The fourth-order valence-electron chi connectivity index (χ4n) is 1.13. The van der Waals surface area contributed by atoms with Gasteiger partial charge < -0.3 is 10.2 Å². The van der Waals surface area contributed by atoms with Crippen molar-refractivity contribution in [2.45, 2.75) is 13.8 Å². The summed E-state index contributed by atoms with van der Waals surface area (Å²) in [5.41, 5.74) is 0.752. The maximum absolute atomic E-state index is 10.7. The smallest absolute Gasteiger partial charge is 0.354 e. The third-order valence-corrected chi connectivity index (χ3v) is 2.08. The number of hydrogen-bond acceptors (Lipinski definition) is 3. The van der Waals surface area contributed by atoms with Gasteiger partial charge in [0.15, 0.2) is 5.69 Å². The van der Waals surface area contributed by atoms with Gasteiger partial charge in [-0.3, -0.25) is 0 Å². The molecule has 0 aliphatic heterocycles. The number of nitrogens with zero attached hydrogens (tertiary/aromatic N) is 1. The summed E-state index contributed by atoms with van der Waals surface area (Å²) in [6, 6.07) is 0. The van der Waals surface area contributed by atoms with Crippen molar-refractivity contribution in [2.24, 2.45) is 0 Å². The summed E-state index contributed by atoms with van der Waals surface area (Å²) in [6.45, 7) is 3.10. The van der Waals surface area contributed by atoms with Crippen LogP contribution in [0.15, 0.2) is 6.20 Å². The molecule has 0 fully saturated rings. The molecule has 14 heavy (non-hydrogen) atoms. The van der Waals surface area contributed by atoms with Gasteiger partial charge in [0.1, 0.15) is 0 Å². The number of pyridine rings is 1. The van der Waals surface area contributed by atoms with Gasteiger partial charge in [0, 0.05) is 6.20 Å². The minimum absolute atomic E-state index is 0.0347. The summed E-state index contributed by atoms with van der Waals surface area (Å²) in [4.78, 5) is 24.9. The van der Waals surface area contributed by atoms with Gasteiger partial charge >= 0.3 is 11.9 Å². The fourth-order valence-corrected chi connectivity index (χ4v) is 1.13. The highest BCUT2D eigenvalue weighted by atomic mass is 16.4. The van der Waals surface area contributed by atoms with E-state index in [0.29, 0.717) is 11.1 Å². The van der Waals surface area contributed by atoms with Crippen molar-refractivity contribution in [3.05, 3.63) is 28.6 Å². The van der Waals surface area contributed by atoms with Crippen LogP contribution in [0.4, 0.5) is 0 Å². The molecular weight excluding hydrogens is 186 g/mol. The highest BCUT2D eigenvalue weighted by Gasteiger charge is 2.16. The quantitative estimate of drug-likeness (QED) is 0.737. The average Bonchev–Trinajstić information content (AvgIpc) is 2.08. The Labute approximate surface area is 80.0 Å². The second-order valence-corrected chi connectivity index (χ2v) is 2.88. The molecule has 2 N–H and O–H groups in total. The molecule has 74 valence electrons. The first-order chi connectivity index (χ1) is 6.45. The highest BCUT2D eigenvalue weighted by molar-refractivity contribution is 5.92. The number of rotatable bonds is 2. The third kappa shape index (κ3) is 1.56. The first kappa shape index (κ1) is 10.2. The highest BCUT2D eigenvalue weighted by Crippen LogP contribution is 2.15. The van der Waals surface area contributed by atoms with Crippen LogP contribution in [0, 0.1) is 13.8 Å². The molecule has 0 spiro atoms. The molecule has 0 amide bonds. The fraction of sp³-hybridized carbons (Fsp3) is 0.222. The molecule has 1 aromatic heterocycles. The summed E-state index contributed by atoms with van der Waals surface area (Å²) < 4.78 is 0. The predicted molar refractivity (Wildman–Crippen MR) is 47.6 cm³/mol. The van der Waals surface area contributed by atoms with Crippen molar-refractivity contribution in [3.8, 4) is 0 Å². The number of carbonyl (C=O) groups is 2. The molecule has 1 rings (SSSR count). The van der Waals surface area contributed by atoms with E-state index in [-0.39, 0.29) is 11.3 Å². The Bertz CT molecular complexity index is 373. The third-order valence-electron chi connectivity index (χ3n) is 2.08. The van der Waals surface area contributed by atoms with Crippen LogP contribution < -0.4 is 0 Å². The Hall–Kier alpha value is -1.91. The van der Waals surface area contributed by atoms with Gasteiger partial charge in [-0.2, -0.15) is 0 Å². The Morgan fingerprint density at radius 1 is 1.14 bits per heavy atom. The zero-order valence-corrected chi connectivity index (χ0v) is 7.74. The van der Waals surface area contributed by atoms with E-state index in [1.807, 2.05) is 0 Å². The SMILES string of the molecule is Cc1c(C(=O)O)cnc(C(=O)O)c1C. The van der Waals surface area contributed by atoms with Crippen molar-refractivity contribution in [3.63, 3.8) is 0 Å². The number of aromatic carboxylic acids is 2. The molecule has 0 aliphatic carbocycles. The minimum Gasteiger partial charge on any atom is -0.478 e. The molecule has 5 heteroatoms. The molecular formula is C9H9NO4. The lowest BCUT2D eigenvalue weighted by atomic mass is 10.0. The molecule has 0 unspecified atom stereocenters. The number of aromatic nitrogens is 1. The van der Waals surface area contributed by atoms with E-state index in [9.17, 15) is 9.59 Å². The molecule has 0 atom stereocenters. The van der Waals surface area contributed by atoms with Crippen LogP contribution in [0.3, 0.4) is 0 Å². The molecule has 0 aliphatic rings. The van der Waals surface area contributed by atoms with Crippen LogP contribution in [-0.4, -0.2) is 27.1 Å². The Balaban J connectivity index is 3.41. The van der Waals surface area contributed by atoms with Crippen LogP contribution in [-0.2, 0) is 0 Å². The Morgan fingerprint density at radius 2 is 1.71 bits per heavy atom. The van der Waals surface area contributed by atoms with Crippen LogP contribution in [0.5, 0.6) is 0 Å². The average molecular weight is 195 g/mol. The van der Waals surface area contributed by atoms with Crippen LogP contribution in [0.1, 0.15) is 32.0 Å². The molecule has 1 heterocycles. The van der Waals surface area contributed by atoms with E-state index >= 15 is 0 Å². The summed E-state index contributed by atoms with van der Waals surface area (Å²) in [6.07, 6.45) is 1.06. The van der Waals surface area contributed by atoms with E-state index in [4.69, 9.17) is 10.2 Å². The first-order valence-electron chi connectivity index (χ1n) is 3.88. The van der Waals surface area contributed by atoms with Crippen LogP contribution >= 0.6 is 0 Å². The van der Waals surface area contributed by atoms with Gasteiger partial charge in [-0.1, -0.05) is 0 Å². The van der Waals surface area contributed by atoms with Crippen LogP contribution in [0.25, 0.3) is 0 Å². The van der Waals surface area contributed by atoms with Crippen molar-refractivity contribution < 1.29 is 19.8 Å². The second-order valence-electron chi connectivity index (χ2n) is 2.88. The standard InChI is InChI=1S/C9H9NO4/c1-4-5(2)7(9(13)14)10-3-6(4)8(11)12/h3H,1-2H3,(H,11,12)(H,13,14). The predicted octanol–water partition coefficient (Wildman–Crippen LogP) is 1.09. The van der Waals surface area contributed by atoms with Crippen molar-refractivity contribution in [1.29, 1.82) is 0 Å². The van der Waals surface area contributed by atoms with E-state index in [0.717, 1.165) is 6.20 Å². The molecule has 0 saturated heterocycles. The molecule has 1 aromatic rings. The minimum atomic E-state index is -1.15. The van der Waals surface area contributed by atoms with Gasteiger partial charge in [-0.25, -0.2) is 14.6 Å². The Kier molecular flexibility index (Phi) is 2.51. The Morgan fingerprint density at radius 3 is 2.14 bits per heavy atom. The number of carboxylic acids is 2. The molecule has 0 saturated carbocycles. The van der Waals surface area contributed by atoms with E-state index < -0.39 is 11.9 Å². The summed E-state index contributed by atoms with van der Waals surface area (Å²) in [7, 11) is 0.